The van der Waals surface area contributed by atoms with E-state index < -0.39 is 0 Å². The van der Waals surface area contributed by atoms with Crippen LogP contribution in [0.4, 0.5) is 0 Å². The normalized spacial score (nSPS) is 16.3. The van der Waals surface area contributed by atoms with Crippen molar-refractivity contribution in [1.29, 1.82) is 0 Å². The van der Waals surface area contributed by atoms with Crippen molar-refractivity contribution in [3.8, 4) is 5.75 Å². The van der Waals surface area contributed by atoms with Crippen molar-refractivity contribution in [2.24, 2.45) is 5.41 Å². The van der Waals surface area contributed by atoms with E-state index in [1.165, 1.54) is 11.1 Å². The highest BCUT2D eigenvalue weighted by Crippen LogP contribution is 2.28. The number of benzene rings is 1. The van der Waals surface area contributed by atoms with Crippen LogP contribution in [0.25, 0.3) is 0 Å². The number of fused-ring (bicyclic) bond motifs is 1. The molecule has 0 amide bonds. The molecule has 1 aromatic rings. The molecule has 0 fully saturated rings. The largest absolute Gasteiger partial charge is 0.493 e. The Bertz CT molecular complexity index is 437. The van der Waals surface area contributed by atoms with Crippen molar-refractivity contribution in [3.63, 3.8) is 0 Å². The topological polar surface area (TPSA) is 32.7 Å². The summed E-state index contributed by atoms with van der Waals surface area (Å²) in [5.74, 6) is 1.03. The first kappa shape index (κ1) is 14.4. The maximum absolute atomic E-state index is 9.60. The molecule has 3 heteroatoms. The first-order chi connectivity index (χ1) is 8.91. The van der Waals surface area contributed by atoms with Gasteiger partial charge in [0.1, 0.15) is 5.75 Å². The Morgan fingerprint density at radius 2 is 2.11 bits per heavy atom. The van der Waals surface area contributed by atoms with Crippen molar-refractivity contribution in [3.05, 3.63) is 29.3 Å². The number of nitrogens with zero attached hydrogens (tertiary/aromatic N) is 1. The predicted octanol–water partition coefficient (Wildman–Crippen LogP) is 2.46. The van der Waals surface area contributed by atoms with Gasteiger partial charge in [-0.15, -0.1) is 0 Å². The number of ether oxygens (including phenoxy) is 1. The number of aliphatic hydroxyl groups excluding tert-OH is 1. The molecule has 1 heterocycles. The zero-order valence-corrected chi connectivity index (χ0v) is 12.4. The Balaban J connectivity index is 2.08. The first-order valence-electron chi connectivity index (χ1n) is 6.97. The van der Waals surface area contributed by atoms with Gasteiger partial charge in [-0.2, -0.15) is 0 Å². The van der Waals surface area contributed by atoms with Gasteiger partial charge in [-0.1, -0.05) is 32.9 Å². The van der Waals surface area contributed by atoms with Gasteiger partial charge in [-0.3, -0.25) is 4.90 Å². The molecule has 1 atom stereocenters. The second kappa shape index (κ2) is 5.51. The van der Waals surface area contributed by atoms with E-state index in [1.807, 2.05) is 0 Å². The summed E-state index contributed by atoms with van der Waals surface area (Å²) >= 11 is 0. The molecule has 1 aromatic carbocycles. The molecular formula is C16H25NO2. The van der Waals surface area contributed by atoms with Crippen LogP contribution in [0, 0.1) is 5.41 Å². The van der Waals surface area contributed by atoms with E-state index in [0.29, 0.717) is 0 Å². The van der Waals surface area contributed by atoms with Gasteiger partial charge < -0.3 is 9.84 Å². The van der Waals surface area contributed by atoms with Crippen molar-refractivity contribution < 1.29 is 9.84 Å². The van der Waals surface area contributed by atoms with Gasteiger partial charge in [-0.05, 0) is 29.7 Å². The van der Waals surface area contributed by atoms with Gasteiger partial charge in [0, 0.05) is 19.0 Å². The number of hydrogen-bond acceptors (Lipinski definition) is 3. The second-order valence-electron chi connectivity index (χ2n) is 6.52. The van der Waals surface area contributed by atoms with Crippen LogP contribution in [0.5, 0.6) is 5.75 Å². The van der Waals surface area contributed by atoms with Crippen molar-refractivity contribution in [2.45, 2.75) is 39.8 Å². The summed E-state index contributed by atoms with van der Waals surface area (Å²) in [5, 5.41) is 9.60. The molecule has 0 saturated heterocycles. The molecule has 0 bridgehead atoms. The molecular weight excluding hydrogens is 238 g/mol. The Labute approximate surface area is 116 Å². The highest BCUT2D eigenvalue weighted by atomic mass is 16.5. The van der Waals surface area contributed by atoms with Crippen molar-refractivity contribution >= 4 is 0 Å². The lowest BCUT2D eigenvalue weighted by molar-refractivity contribution is 0.0614. The smallest absolute Gasteiger partial charge is 0.122 e. The van der Waals surface area contributed by atoms with Crippen LogP contribution in [0.1, 0.15) is 31.9 Å². The Morgan fingerprint density at radius 1 is 1.37 bits per heavy atom. The molecule has 0 spiro atoms. The lowest BCUT2D eigenvalue weighted by Gasteiger charge is -2.36. The monoisotopic (exact) mass is 263 g/mol. The van der Waals surface area contributed by atoms with Gasteiger partial charge in [0.15, 0.2) is 0 Å². The van der Waals surface area contributed by atoms with Crippen LogP contribution in [-0.4, -0.2) is 36.3 Å². The molecule has 0 aromatic heterocycles. The van der Waals surface area contributed by atoms with E-state index in [2.05, 4.69) is 50.9 Å². The minimum atomic E-state index is 0.0728. The lowest BCUT2D eigenvalue weighted by Crippen LogP contribution is -2.43. The highest BCUT2D eigenvalue weighted by molar-refractivity contribution is 5.39. The minimum absolute atomic E-state index is 0.0728. The Morgan fingerprint density at radius 3 is 2.74 bits per heavy atom. The molecule has 1 aliphatic rings. The van der Waals surface area contributed by atoms with E-state index in [1.54, 1.807) is 0 Å². The second-order valence-corrected chi connectivity index (χ2v) is 6.52. The zero-order chi connectivity index (χ0) is 14.0. The maximum atomic E-state index is 9.60. The number of rotatable bonds is 4. The Hall–Kier alpha value is -1.06. The predicted molar refractivity (Wildman–Crippen MR) is 77.4 cm³/mol. The summed E-state index contributed by atoms with van der Waals surface area (Å²) in [4.78, 5) is 2.23. The summed E-state index contributed by atoms with van der Waals surface area (Å²) in [6.45, 7) is 8.35. The SMILES string of the molecule is CN(Cc1ccc2c(c1)CCO2)C(CO)C(C)(C)C. The van der Waals surface area contributed by atoms with E-state index in [4.69, 9.17) is 4.74 Å². The third-order valence-electron chi connectivity index (χ3n) is 3.89. The molecule has 0 aliphatic carbocycles. The number of hydrogen-bond donors (Lipinski definition) is 1. The van der Waals surface area contributed by atoms with Crippen LogP contribution < -0.4 is 4.74 Å². The molecule has 19 heavy (non-hydrogen) atoms. The summed E-state index contributed by atoms with van der Waals surface area (Å²) in [7, 11) is 2.08. The molecule has 106 valence electrons. The summed E-state index contributed by atoms with van der Waals surface area (Å²) in [6.07, 6.45) is 1.01. The fraction of sp³-hybridized carbons (Fsp3) is 0.625. The minimum Gasteiger partial charge on any atom is -0.493 e. The molecule has 0 saturated carbocycles. The number of aliphatic hydroxyl groups is 1. The third kappa shape index (κ3) is 3.28. The van der Waals surface area contributed by atoms with Gasteiger partial charge in [-0.25, -0.2) is 0 Å². The summed E-state index contributed by atoms with van der Waals surface area (Å²) in [6, 6.07) is 6.58. The van der Waals surface area contributed by atoms with Crippen LogP contribution >= 0.6 is 0 Å². The Kier molecular flexibility index (Phi) is 4.16. The fourth-order valence-corrected chi connectivity index (χ4v) is 2.81. The van der Waals surface area contributed by atoms with Crippen molar-refractivity contribution in [1.82, 2.24) is 4.90 Å². The summed E-state index contributed by atoms with van der Waals surface area (Å²) in [5.41, 5.74) is 2.67. The third-order valence-corrected chi connectivity index (χ3v) is 3.89. The maximum Gasteiger partial charge on any atom is 0.122 e. The molecule has 1 aliphatic heterocycles. The standard InChI is InChI=1S/C16H25NO2/c1-16(2,3)15(11-18)17(4)10-12-5-6-14-13(9-12)7-8-19-14/h5-6,9,15,18H,7-8,10-11H2,1-4H3. The van der Waals surface area contributed by atoms with Gasteiger partial charge in [0.05, 0.1) is 13.2 Å². The average Bonchev–Trinajstić information content (AvgIpc) is 2.74. The van der Waals surface area contributed by atoms with Crippen LogP contribution in [0.15, 0.2) is 18.2 Å². The molecule has 1 unspecified atom stereocenters. The van der Waals surface area contributed by atoms with E-state index in [-0.39, 0.29) is 18.1 Å². The van der Waals surface area contributed by atoms with Crippen LogP contribution in [0.3, 0.4) is 0 Å². The lowest BCUT2D eigenvalue weighted by atomic mass is 9.86. The number of likely N-dealkylation sites (N-methyl/N-ethyl adjacent to an activating group) is 1. The highest BCUT2D eigenvalue weighted by Gasteiger charge is 2.27. The van der Waals surface area contributed by atoms with Crippen LogP contribution in [0.2, 0.25) is 0 Å². The molecule has 3 nitrogen and oxygen atoms in total. The van der Waals surface area contributed by atoms with E-state index in [9.17, 15) is 5.11 Å². The molecule has 0 radical (unpaired) electrons. The first-order valence-corrected chi connectivity index (χ1v) is 6.97. The van der Waals surface area contributed by atoms with Crippen molar-refractivity contribution in [2.75, 3.05) is 20.3 Å². The fourth-order valence-electron chi connectivity index (χ4n) is 2.81. The van der Waals surface area contributed by atoms with Gasteiger partial charge in [0.25, 0.3) is 0 Å². The zero-order valence-electron chi connectivity index (χ0n) is 12.4. The molecule has 2 rings (SSSR count). The van der Waals surface area contributed by atoms with Gasteiger partial charge >= 0.3 is 0 Å². The van der Waals surface area contributed by atoms with E-state index >= 15 is 0 Å². The van der Waals surface area contributed by atoms with E-state index in [0.717, 1.165) is 25.3 Å². The van der Waals surface area contributed by atoms with Gasteiger partial charge in [0.2, 0.25) is 0 Å². The average molecular weight is 263 g/mol. The molecule has 1 N–H and O–H groups in total. The quantitative estimate of drug-likeness (QED) is 0.906. The van der Waals surface area contributed by atoms with Crippen LogP contribution in [-0.2, 0) is 13.0 Å². The summed E-state index contributed by atoms with van der Waals surface area (Å²) < 4.78 is 5.53.